The van der Waals surface area contributed by atoms with Gasteiger partial charge in [-0.1, -0.05) is 29.3 Å². The zero-order valence-electron chi connectivity index (χ0n) is 19.7. The molecule has 0 bridgehead atoms. The first-order valence-electron chi connectivity index (χ1n) is 11.3. The van der Waals surface area contributed by atoms with Crippen LogP contribution in [0.5, 0.6) is 0 Å². The number of benzene rings is 1. The molecule has 1 aromatic carbocycles. The van der Waals surface area contributed by atoms with Gasteiger partial charge in [-0.2, -0.15) is 0 Å². The van der Waals surface area contributed by atoms with Crippen LogP contribution in [0.2, 0.25) is 10.0 Å². The summed E-state index contributed by atoms with van der Waals surface area (Å²) < 4.78 is 26.6. The zero-order valence-corrected chi connectivity index (χ0v) is 21.3. The van der Waals surface area contributed by atoms with Gasteiger partial charge in [-0.25, -0.2) is 19.2 Å². The van der Waals surface area contributed by atoms with Crippen LogP contribution in [0.15, 0.2) is 41.5 Å². The van der Waals surface area contributed by atoms with Gasteiger partial charge in [0, 0.05) is 62.1 Å². The number of amides is 1. The van der Waals surface area contributed by atoms with Crippen LogP contribution in [0.4, 0.5) is 15.0 Å². The number of aromatic nitrogens is 1. The summed E-state index contributed by atoms with van der Waals surface area (Å²) in [6.07, 6.45) is 2.00. The maximum Gasteiger partial charge on any atom is 0.407 e. The molecule has 192 valence electrons. The Balaban J connectivity index is 1.71. The van der Waals surface area contributed by atoms with E-state index in [1.165, 1.54) is 24.1 Å². The van der Waals surface area contributed by atoms with Crippen molar-refractivity contribution in [2.45, 2.75) is 25.2 Å². The fourth-order valence-electron chi connectivity index (χ4n) is 4.31. The number of amidine groups is 1. The second kappa shape index (κ2) is 10.6. The molecule has 0 aliphatic carbocycles. The van der Waals surface area contributed by atoms with Crippen LogP contribution in [-0.2, 0) is 9.47 Å². The SMILES string of the molecule is CO[C@@]1(OC(C)c2c(Cl)ccc(F)c2Cl)CC=C(c2ccc(N)nc2)N=C1N1CCN(C(=O)O)CC1. The highest BCUT2D eigenvalue weighted by atomic mass is 35.5. The molecule has 0 saturated carbocycles. The van der Waals surface area contributed by atoms with Crippen LogP contribution in [0.3, 0.4) is 0 Å². The lowest BCUT2D eigenvalue weighted by Gasteiger charge is -2.44. The van der Waals surface area contributed by atoms with E-state index in [0.29, 0.717) is 36.0 Å². The third kappa shape index (κ3) is 5.12. The Morgan fingerprint density at radius 2 is 1.94 bits per heavy atom. The molecule has 12 heteroatoms. The molecule has 0 spiro atoms. The van der Waals surface area contributed by atoms with Crippen molar-refractivity contribution in [3.63, 3.8) is 0 Å². The smallest absolute Gasteiger partial charge is 0.407 e. The van der Waals surface area contributed by atoms with Crippen LogP contribution in [-0.4, -0.2) is 70.9 Å². The van der Waals surface area contributed by atoms with Gasteiger partial charge in [0.05, 0.1) is 16.8 Å². The van der Waals surface area contributed by atoms with E-state index < -0.39 is 23.8 Å². The van der Waals surface area contributed by atoms with Crippen molar-refractivity contribution < 1.29 is 23.8 Å². The maximum absolute atomic E-state index is 14.2. The van der Waals surface area contributed by atoms with Gasteiger partial charge in [0.2, 0.25) is 5.79 Å². The summed E-state index contributed by atoms with van der Waals surface area (Å²) in [7, 11) is 1.49. The molecule has 1 fully saturated rings. The molecule has 3 N–H and O–H groups in total. The normalized spacial score (nSPS) is 21.1. The van der Waals surface area contributed by atoms with Gasteiger partial charge >= 0.3 is 6.09 Å². The number of carbonyl (C=O) groups is 1. The van der Waals surface area contributed by atoms with Crippen LogP contribution < -0.4 is 5.73 Å². The lowest BCUT2D eigenvalue weighted by Crippen LogP contribution is -2.58. The van der Waals surface area contributed by atoms with Crippen LogP contribution in [0.1, 0.15) is 30.6 Å². The molecule has 2 aliphatic rings. The third-order valence-electron chi connectivity index (χ3n) is 6.25. The first-order valence-corrected chi connectivity index (χ1v) is 12.0. The number of anilines is 1. The number of aliphatic imine (C=N–C) groups is 1. The quantitative estimate of drug-likeness (QED) is 0.420. The van der Waals surface area contributed by atoms with Crippen LogP contribution >= 0.6 is 23.2 Å². The van der Waals surface area contributed by atoms with Crippen molar-refractivity contribution in [3.8, 4) is 0 Å². The number of nitrogens with zero attached hydrogens (tertiary/aromatic N) is 4. The zero-order chi connectivity index (χ0) is 26.0. The first kappa shape index (κ1) is 26.2. The number of halogens is 3. The lowest BCUT2D eigenvalue weighted by atomic mass is 10.0. The van der Waals surface area contributed by atoms with Crippen molar-refractivity contribution in [3.05, 3.63) is 63.5 Å². The highest BCUT2D eigenvalue weighted by Crippen LogP contribution is 2.40. The molecule has 3 heterocycles. The van der Waals surface area contributed by atoms with Crippen molar-refractivity contribution in [2.24, 2.45) is 4.99 Å². The van der Waals surface area contributed by atoms with E-state index in [2.05, 4.69) is 4.98 Å². The van der Waals surface area contributed by atoms with Crippen molar-refractivity contribution >= 4 is 46.6 Å². The Morgan fingerprint density at radius 1 is 1.22 bits per heavy atom. The van der Waals surface area contributed by atoms with Gasteiger partial charge in [0.25, 0.3) is 0 Å². The Hall–Kier alpha value is -2.92. The fourth-order valence-corrected chi connectivity index (χ4v) is 4.99. The summed E-state index contributed by atoms with van der Waals surface area (Å²) >= 11 is 12.6. The van der Waals surface area contributed by atoms with E-state index in [1.807, 2.05) is 17.0 Å². The number of carboxylic acid groups (broad SMARTS) is 1. The Morgan fingerprint density at radius 3 is 2.56 bits per heavy atom. The molecule has 4 rings (SSSR count). The van der Waals surface area contributed by atoms with Gasteiger partial charge in [0.1, 0.15) is 11.6 Å². The van der Waals surface area contributed by atoms with Gasteiger partial charge in [-0.15, -0.1) is 0 Å². The van der Waals surface area contributed by atoms with E-state index in [0.717, 1.165) is 5.56 Å². The average Bonchev–Trinajstić information content (AvgIpc) is 2.87. The summed E-state index contributed by atoms with van der Waals surface area (Å²) in [5.74, 6) is -1.14. The van der Waals surface area contributed by atoms with E-state index in [1.54, 1.807) is 19.2 Å². The number of nitrogen functional groups attached to an aromatic ring is 1. The summed E-state index contributed by atoms with van der Waals surface area (Å²) in [5.41, 5.74) is 7.42. The van der Waals surface area contributed by atoms with E-state index >= 15 is 0 Å². The highest BCUT2D eigenvalue weighted by Gasteiger charge is 2.45. The standard InChI is InChI=1S/C24H26Cl2FN5O4/c1-14(20-16(25)4-5-17(27)21(20)26)36-24(35-2)8-7-18(15-3-6-19(28)29-13-15)30-22(24)31-9-11-32(12-10-31)23(33)34/h3-7,13-14H,8-12H2,1-2H3,(H2,28,29)(H,33,34)/t14?,24-/m1/s1. The molecule has 2 aromatic rings. The Bertz CT molecular complexity index is 1200. The minimum Gasteiger partial charge on any atom is -0.465 e. The number of rotatable bonds is 5. The van der Waals surface area contributed by atoms with Gasteiger partial charge in [0.15, 0.2) is 5.84 Å². The average molecular weight is 538 g/mol. The topological polar surface area (TPSA) is 114 Å². The van der Waals surface area contributed by atoms with Gasteiger partial charge < -0.3 is 30.1 Å². The van der Waals surface area contributed by atoms with Crippen molar-refractivity contribution in [1.29, 1.82) is 0 Å². The maximum atomic E-state index is 14.2. The molecular weight excluding hydrogens is 512 g/mol. The highest BCUT2D eigenvalue weighted by molar-refractivity contribution is 6.36. The molecule has 1 saturated heterocycles. The third-order valence-corrected chi connectivity index (χ3v) is 6.96. The second-order valence-electron chi connectivity index (χ2n) is 8.43. The summed E-state index contributed by atoms with van der Waals surface area (Å²) in [6.45, 7) is 3.03. The molecule has 36 heavy (non-hydrogen) atoms. The number of piperazine rings is 1. The Kier molecular flexibility index (Phi) is 7.70. The number of ether oxygens (including phenoxy) is 2. The largest absolute Gasteiger partial charge is 0.465 e. The summed E-state index contributed by atoms with van der Waals surface area (Å²) in [5, 5.41) is 9.49. The summed E-state index contributed by atoms with van der Waals surface area (Å²) in [6, 6.07) is 6.11. The number of nitrogens with two attached hydrogens (primary N) is 1. The number of methoxy groups -OCH3 is 1. The number of hydrogen-bond donors (Lipinski definition) is 2. The first-order chi connectivity index (χ1) is 17.1. The fraction of sp³-hybridized carbons (Fsp3) is 0.375. The van der Waals surface area contributed by atoms with E-state index in [4.69, 9.17) is 43.4 Å². The van der Waals surface area contributed by atoms with Crippen molar-refractivity contribution in [1.82, 2.24) is 14.8 Å². The summed E-state index contributed by atoms with van der Waals surface area (Å²) in [4.78, 5) is 23.7. The molecule has 9 nitrogen and oxygen atoms in total. The Labute approximate surface area is 217 Å². The van der Waals surface area contributed by atoms with Gasteiger partial charge in [-0.05, 0) is 31.2 Å². The minimum absolute atomic E-state index is 0.130. The molecule has 1 amide bonds. The van der Waals surface area contributed by atoms with E-state index in [-0.39, 0.29) is 29.6 Å². The van der Waals surface area contributed by atoms with E-state index in [9.17, 15) is 14.3 Å². The van der Waals surface area contributed by atoms with Gasteiger partial charge in [-0.3, -0.25) is 0 Å². The molecular formula is C24H26Cl2FN5O4. The molecule has 2 atom stereocenters. The second-order valence-corrected chi connectivity index (χ2v) is 9.22. The number of pyridine rings is 1. The minimum atomic E-state index is -1.37. The van der Waals surface area contributed by atoms with Crippen LogP contribution in [0.25, 0.3) is 5.70 Å². The molecule has 2 aliphatic heterocycles. The number of hydrogen-bond acceptors (Lipinski definition) is 7. The molecule has 1 unspecified atom stereocenters. The monoisotopic (exact) mass is 537 g/mol. The molecule has 1 aromatic heterocycles. The lowest BCUT2D eigenvalue weighted by molar-refractivity contribution is -0.202. The predicted molar refractivity (Wildman–Crippen MR) is 136 cm³/mol. The molecule has 0 radical (unpaired) electrons. The predicted octanol–water partition coefficient (Wildman–Crippen LogP) is 4.67. The van der Waals surface area contributed by atoms with Crippen LogP contribution in [0, 0.1) is 5.82 Å². The van der Waals surface area contributed by atoms with Crippen molar-refractivity contribution in [2.75, 3.05) is 39.0 Å².